The Morgan fingerprint density at radius 3 is 2.58 bits per heavy atom. The first-order valence-corrected chi connectivity index (χ1v) is 11.6. The van der Waals surface area contributed by atoms with Crippen LogP contribution in [0.2, 0.25) is 0 Å². The lowest BCUT2D eigenvalue weighted by Gasteiger charge is -2.16. The highest BCUT2D eigenvalue weighted by Gasteiger charge is 2.21. The first kappa shape index (κ1) is 24.1. The van der Waals surface area contributed by atoms with E-state index in [4.69, 9.17) is 4.74 Å². The molecule has 1 heterocycles. The molecule has 1 N–H and O–H groups in total. The number of hydrogen-bond donors (Lipinski definition) is 1. The Morgan fingerprint density at radius 2 is 1.85 bits per heavy atom. The number of aryl methyl sites for hydroxylation is 1. The van der Waals surface area contributed by atoms with Crippen molar-refractivity contribution < 1.29 is 22.7 Å². The zero-order valence-electron chi connectivity index (χ0n) is 18.8. The Hall–Kier alpha value is -3.56. The van der Waals surface area contributed by atoms with Crippen LogP contribution in [0.25, 0.3) is 17.0 Å². The summed E-state index contributed by atoms with van der Waals surface area (Å²) in [5, 5.41) is 3.57. The highest BCUT2D eigenvalue weighted by molar-refractivity contribution is 7.89. The van der Waals surface area contributed by atoms with Gasteiger partial charge in [-0.3, -0.25) is 9.78 Å². The lowest BCUT2D eigenvalue weighted by Crippen LogP contribution is -2.30. The number of sulfonamides is 1. The average Bonchev–Trinajstić information content (AvgIpc) is 2.78. The second-order valence-corrected chi connectivity index (χ2v) is 9.74. The SMILES string of the molecule is Cc1ccc(S(=O)(=O)N(C)C)cc1NC(=O)C(C)OC(=O)/C=C/c1cccc2cccnc12. The number of rotatable bonds is 7. The van der Waals surface area contributed by atoms with Crippen molar-refractivity contribution in [2.75, 3.05) is 19.4 Å². The Balaban J connectivity index is 1.68. The molecule has 9 heteroatoms. The molecule has 1 atom stereocenters. The Bertz CT molecular complexity index is 1330. The predicted octanol–water partition coefficient (Wildman–Crippen LogP) is 3.38. The molecule has 0 saturated heterocycles. The van der Waals surface area contributed by atoms with Crippen LogP contribution < -0.4 is 5.32 Å². The van der Waals surface area contributed by atoms with Crippen molar-refractivity contribution in [3.63, 3.8) is 0 Å². The summed E-state index contributed by atoms with van der Waals surface area (Å²) in [6.45, 7) is 3.18. The lowest BCUT2D eigenvalue weighted by molar-refractivity contribution is -0.148. The zero-order valence-corrected chi connectivity index (χ0v) is 19.6. The minimum absolute atomic E-state index is 0.0460. The normalized spacial score (nSPS) is 12.8. The fourth-order valence-electron chi connectivity index (χ4n) is 3.03. The highest BCUT2D eigenvalue weighted by Crippen LogP contribution is 2.22. The van der Waals surface area contributed by atoms with Crippen LogP contribution in [0.1, 0.15) is 18.1 Å². The van der Waals surface area contributed by atoms with Crippen molar-refractivity contribution in [3.05, 3.63) is 71.9 Å². The zero-order chi connectivity index (χ0) is 24.2. The van der Waals surface area contributed by atoms with Gasteiger partial charge in [-0.25, -0.2) is 17.5 Å². The first-order chi connectivity index (χ1) is 15.6. The molecular formula is C24H25N3O5S. The van der Waals surface area contributed by atoms with Gasteiger partial charge < -0.3 is 10.1 Å². The molecule has 3 aromatic rings. The second-order valence-electron chi connectivity index (χ2n) is 7.59. The predicted molar refractivity (Wildman–Crippen MR) is 127 cm³/mol. The van der Waals surface area contributed by atoms with Gasteiger partial charge in [0.05, 0.1) is 10.4 Å². The molecule has 0 bridgehead atoms. The maximum absolute atomic E-state index is 12.6. The van der Waals surface area contributed by atoms with Crippen LogP contribution in [0.15, 0.2) is 65.7 Å². The number of nitrogens with one attached hydrogen (secondary N) is 1. The monoisotopic (exact) mass is 467 g/mol. The van der Waals surface area contributed by atoms with Crippen LogP contribution >= 0.6 is 0 Å². The van der Waals surface area contributed by atoms with Gasteiger partial charge in [0.15, 0.2) is 6.10 Å². The number of anilines is 1. The molecular weight excluding hydrogens is 442 g/mol. The van der Waals surface area contributed by atoms with Crippen molar-refractivity contribution in [3.8, 4) is 0 Å². The largest absolute Gasteiger partial charge is 0.449 e. The van der Waals surface area contributed by atoms with E-state index in [1.165, 1.54) is 39.2 Å². The summed E-state index contributed by atoms with van der Waals surface area (Å²) < 4.78 is 31.0. The molecule has 0 radical (unpaired) electrons. The van der Waals surface area contributed by atoms with Crippen molar-refractivity contribution in [2.24, 2.45) is 0 Å². The van der Waals surface area contributed by atoms with Crippen LogP contribution in [0.5, 0.6) is 0 Å². The number of carbonyl (C=O) groups is 2. The van der Waals surface area contributed by atoms with Crippen molar-refractivity contribution in [1.82, 2.24) is 9.29 Å². The van der Waals surface area contributed by atoms with Gasteiger partial charge in [0.2, 0.25) is 10.0 Å². The van der Waals surface area contributed by atoms with Crippen molar-refractivity contribution in [2.45, 2.75) is 24.8 Å². The summed E-state index contributed by atoms with van der Waals surface area (Å²) in [4.78, 5) is 29.2. The van der Waals surface area contributed by atoms with Crippen LogP contribution in [0, 0.1) is 6.92 Å². The van der Waals surface area contributed by atoms with E-state index in [1.54, 1.807) is 25.3 Å². The van der Waals surface area contributed by atoms with E-state index in [1.807, 2.05) is 30.3 Å². The van der Waals surface area contributed by atoms with E-state index in [2.05, 4.69) is 10.3 Å². The summed E-state index contributed by atoms with van der Waals surface area (Å²) in [6, 6.07) is 13.8. The number of aromatic nitrogens is 1. The fraction of sp³-hybridized carbons (Fsp3) is 0.208. The number of para-hydroxylation sites is 1. The smallest absolute Gasteiger partial charge is 0.331 e. The van der Waals surface area contributed by atoms with Gasteiger partial charge in [-0.05, 0) is 43.7 Å². The van der Waals surface area contributed by atoms with Gasteiger partial charge in [-0.2, -0.15) is 0 Å². The van der Waals surface area contributed by atoms with Crippen LogP contribution in [0.4, 0.5) is 5.69 Å². The van der Waals surface area contributed by atoms with Crippen LogP contribution in [0.3, 0.4) is 0 Å². The summed E-state index contributed by atoms with van der Waals surface area (Å²) in [7, 11) is -0.803. The average molecular weight is 468 g/mol. The Morgan fingerprint density at radius 1 is 1.12 bits per heavy atom. The van der Waals surface area contributed by atoms with Crippen molar-refractivity contribution >= 4 is 44.6 Å². The molecule has 33 heavy (non-hydrogen) atoms. The van der Waals surface area contributed by atoms with E-state index < -0.39 is 28.0 Å². The van der Waals surface area contributed by atoms with Crippen molar-refractivity contribution in [1.29, 1.82) is 0 Å². The summed E-state index contributed by atoms with van der Waals surface area (Å²) in [5.74, 6) is -1.27. The number of fused-ring (bicyclic) bond motifs is 1. The molecule has 0 aliphatic rings. The number of nitrogens with zero attached hydrogens (tertiary/aromatic N) is 2. The van der Waals surface area contributed by atoms with Gasteiger partial charge >= 0.3 is 5.97 Å². The Kier molecular flexibility index (Phi) is 7.25. The van der Waals surface area contributed by atoms with E-state index in [9.17, 15) is 18.0 Å². The highest BCUT2D eigenvalue weighted by atomic mass is 32.2. The molecule has 8 nitrogen and oxygen atoms in total. The number of ether oxygens (including phenoxy) is 1. The van der Waals surface area contributed by atoms with Gasteiger partial charge in [0.1, 0.15) is 0 Å². The number of benzene rings is 2. The van der Waals surface area contributed by atoms with Gasteiger partial charge in [0.25, 0.3) is 5.91 Å². The third kappa shape index (κ3) is 5.63. The van der Waals surface area contributed by atoms with Gasteiger partial charge in [-0.1, -0.05) is 30.3 Å². The second kappa shape index (κ2) is 9.93. The fourth-order valence-corrected chi connectivity index (χ4v) is 3.96. The lowest BCUT2D eigenvalue weighted by atomic mass is 10.1. The number of hydrogen-bond acceptors (Lipinski definition) is 6. The molecule has 2 aromatic carbocycles. The van der Waals surface area contributed by atoms with E-state index in [-0.39, 0.29) is 4.90 Å². The standard InChI is InChI=1S/C24H25N3O5S/c1-16-10-12-20(33(30,31)27(3)4)15-21(16)26-24(29)17(2)32-22(28)13-11-19-8-5-7-18-9-6-14-25-23(18)19/h5-15,17H,1-4H3,(H,26,29)/b13-11+. The van der Waals surface area contributed by atoms with Crippen LogP contribution in [-0.2, 0) is 24.3 Å². The minimum Gasteiger partial charge on any atom is -0.449 e. The molecule has 172 valence electrons. The molecule has 0 aliphatic carbocycles. The first-order valence-electron chi connectivity index (χ1n) is 10.2. The number of amides is 1. The maximum Gasteiger partial charge on any atom is 0.331 e. The van der Waals surface area contributed by atoms with Gasteiger partial charge in [-0.15, -0.1) is 0 Å². The summed E-state index contributed by atoms with van der Waals surface area (Å²) in [5.41, 5.74) is 2.49. The van der Waals surface area contributed by atoms with Crippen LogP contribution in [-0.4, -0.2) is 49.8 Å². The molecule has 0 spiro atoms. The summed E-state index contributed by atoms with van der Waals surface area (Å²) >= 11 is 0. The quantitative estimate of drug-likeness (QED) is 0.422. The number of pyridine rings is 1. The molecule has 1 aromatic heterocycles. The molecule has 0 saturated carbocycles. The third-order valence-electron chi connectivity index (χ3n) is 4.97. The van der Waals surface area contributed by atoms with E-state index >= 15 is 0 Å². The molecule has 0 aliphatic heterocycles. The molecule has 0 fully saturated rings. The maximum atomic E-state index is 12.6. The molecule has 1 amide bonds. The van der Waals surface area contributed by atoms with E-state index in [0.717, 1.165) is 20.8 Å². The number of esters is 1. The Labute approximate surface area is 192 Å². The van der Waals surface area contributed by atoms with Gasteiger partial charge in [0, 0.05) is 43.0 Å². The minimum atomic E-state index is -3.66. The topological polar surface area (TPSA) is 106 Å². The van der Waals surface area contributed by atoms with E-state index in [0.29, 0.717) is 11.3 Å². The summed E-state index contributed by atoms with van der Waals surface area (Å²) in [6.07, 6.45) is 3.40. The number of carbonyl (C=O) groups excluding carboxylic acids is 2. The molecule has 3 rings (SSSR count). The molecule has 1 unspecified atom stereocenters. The third-order valence-corrected chi connectivity index (χ3v) is 6.78.